The van der Waals surface area contributed by atoms with Crippen molar-refractivity contribution in [3.8, 4) is 0 Å². The molecule has 0 aromatic rings. The summed E-state index contributed by atoms with van der Waals surface area (Å²) >= 11 is 0. The van der Waals surface area contributed by atoms with Crippen molar-refractivity contribution in [3.05, 3.63) is 0 Å². The Balaban J connectivity index is 1.97. The molecule has 0 aliphatic heterocycles. The highest BCUT2D eigenvalue weighted by Crippen LogP contribution is 2.43. The Bertz CT molecular complexity index is 274. The molecule has 0 spiro atoms. The van der Waals surface area contributed by atoms with Crippen LogP contribution in [0.2, 0.25) is 0 Å². The van der Waals surface area contributed by atoms with Crippen molar-refractivity contribution in [2.75, 3.05) is 0 Å². The number of nitrogens with one attached hydrogen (secondary N) is 1. The van der Waals surface area contributed by atoms with Crippen LogP contribution in [-0.2, 0) is 0 Å². The van der Waals surface area contributed by atoms with Gasteiger partial charge in [0.05, 0.1) is 5.92 Å². The van der Waals surface area contributed by atoms with Crippen LogP contribution >= 0.6 is 0 Å². The quantitative estimate of drug-likeness (QED) is 0.609. The van der Waals surface area contributed by atoms with Crippen molar-refractivity contribution in [3.63, 3.8) is 0 Å². The Morgan fingerprint density at radius 1 is 0.895 bits per heavy atom. The van der Waals surface area contributed by atoms with E-state index in [1.165, 1.54) is 19.3 Å². The van der Waals surface area contributed by atoms with Gasteiger partial charge in [0.15, 0.2) is 0 Å². The minimum atomic E-state index is -4.04. The summed E-state index contributed by atoms with van der Waals surface area (Å²) < 4.78 is 38.6. The first-order valence-electron chi connectivity index (χ1n) is 7.55. The Kier molecular flexibility index (Phi) is 5.12. The molecule has 0 bridgehead atoms. The van der Waals surface area contributed by atoms with E-state index in [0.29, 0.717) is 18.8 Å². The highest BCUT2D eigenvalue weighted by atomic mass is 19.4. The average molecular weight is 278 g/mol. The maximum atomic E-state index is 12.9. The van der Waals surface area contributed by atoms with E-state index in [0.717, 1.165) is 19.3 Å². The van der Waals surface area contributed by atoms with Crippen molar-refractivity contribution >= 4 is 0 Å². The molecule has 112 valence electrons. The van der Waals surface area contributed by atoms with Gasteiger partial charge < -0.3 is 0 Å². The lowest BCUT2D eigenvalue weighted by Gasteiger charge is -2.40. The summed E-state index contributed by atoms with van der Waals surface area (Å²) in [6.07, 6.45) is 3.95. The number of hydrogen-bond acceptors (Lipinski definition) is 2. The molecule has 0 radical (unpaired) electrons. The average Bonchev–Trinajstić information content (AvgIpc) is 2.40. The van der Waals surface area contributed by atoms with Crippen molar-refractivity contribution < 1.29 is 13.2 Å². The number of alkyl halides is 3. The predicted molar refractivity (Wildman–Crippen MR) is 69.2 cm³/mol. The van der Waals surface area contributed by atoms with Gasteiger partial charge in [-0.15, -0.1) is 0 Å². The molecule has 0 amide bonds. The smallest absolute Gasteiger partial charge is 0.271 e. The molecular formula is C14H25F3N2. The molecule has 2 aliphatic carbocycles. The topological polar surface area (TPSA) is 38.0 Å². The summed E-state index contributed by atoms with van der Waals surface area (Å²) in [5.74, 6) is 5.10. The zero-order valence-electron chi connectivity index (χ0n) is 11.4. The Morgan fingerprint density at radius 2 is 1.53 bits per heavy atom. The van der Waals surface area contributed by atoms with E-state index in [2.05, 4.69) is 5.43 Å². The van der Waals surface area contributed by atoms with Crippen molar-refractivity contribution in [2.45, 2.75) is 70.0 Å². The third kappa shape index (κ3) is 3.85. The number of nitrogens with two attached hydrogens (primary N) is 1. The third-order valence-electron chi connectivity index (χ3n) is 5.04. The highest BCUT2D eigenvalue weighted by Gasteiger charge is 2.44. The number of halogens is 3. The number of hydrazine groups is 1. The van der Waals surface area contributed by atoms with Gasteiger partial charge in [0.25, 0.3) is 0 Å². The fourth-order valence-electron chi connectivity index (χ4n) is 4.00. The van der Waals surface area contributed by atoms with E-state index in [1.807, 2.05) is 0 Å². The molecule has 0 aromatic carbocycles. The SMILES string of the molecule is NNC(C1CCCCC1)C1CCCC(C(F)(F)F)C1. The van der Waals surface area contributed by atoms with Gasteiger partial charge in [0, 0.05) is 6.04 Å². The molecule has 0 aromatic heterocycles. The second-order valence-electron chi connectivity index (χ2n) is 6.26. The van der Waals surface area contributed by atoms with Gasteiger partial charge in [-0.1, -0.05) is 25.7 Å². The summed E-state index contributed by atoms with van der Waals surface area (Å²) in [5, 5.41) is 0. The number of hydrogen-bond donors (Lipinski definition) is 2. The molecule has 2 aliphatic rings. The van der Waals surface area contributed by atoms with Crippen LogP contribution in [0.4, 0.5) is 13.2 Å². The Hall–Kier alpha value is -0.290. The second-order valence-corrected chi connectivity index (χ2v) is 6.26. The minimum absolute atomic E-state index is 0.0745. The van der Waals surface area contributed by atoms with Gasteiger partial charge in [-0.25, -0.2) is 0 Å². The molecule has 0 heterocycles. The molecule has 3 N–H and O–H groups in total. The first kappa shape index (κ1) is 15.1. The van der Waals surface area contributed by atoms with Crippen LogP contribution in [-0.4, -0.2) is 12.2 Å². The zero-order valence-corrected chi connectivity index (χ0v) is 11.4. The third-order valence-corrected chi connectivity index (χ3v) is 5.04. The molecule has 2 nitrogen and oxygen atoms in total. The van der Waals surface area contributed by atoms with Crippen LogP contribution in [0.5, 0.6) is 0 Å². The monoisotopic (exact) mass is 278 g/mol. The van der Waals surface area contributed by atoms with E-state index < -0.39 is 12.1 Å². The molecule has 0 saturated heterocycles. The summed E-state index contributed by atoms with van der Waals surface area (Å²) in [7, 11) is 0. The Morgan fingerprint density at radius 3 is 2.11 bits per heavy atom. The highest BCUT2D eigenvalue weighted by molar-refractivity contribution is 4.88. The van der Waals surface area contributed by atoms with Gasteiger partial charge in [-0.2, -0.15) is 13.2 Å². The van der Waals surface area contributed by atoms with Crippen molar-refractivity contribution in [1.82, 2.24) is 5.43 Å². The molecule has 5 heteroatoms. The van der Waals surface area contributed by atoms with Crippen LogP contribution in [0.25, 0.3) is 0 Å². The minimum Gasteiger partial charge on any atom is -0.271 e. The molecule has 2 fully saturated rings. The summed E-state index contributed by atoms with van der Waals surface area (Å²) in [6.45, 7) is 0. The maximum absolute atomic E-state index is 12.9. The normalized spacial score (nSPS) is 32.2. The Labute approximate surface area is 113 Å². The first-order chi connectivity index (χ1) is 9.02. The fourth-order valence-corrected chi connectivity index (χ4v) is 4.00. The standard InChI is InChI=1S/C14H25F3N2/c15-14(16,17)12-8-4-7-11(9-12)13(19-18)10-5-2-1-3-6-10/h10-13,19H,1-9,18H2. The van der Waals surface area contributed by atoms with Crippen molar-refractivity contribution in [2.24, 2.45) is 23.6 Å². The van der Waals surface area contributed by atoms with E-state index in [4.69, 9.17) is 5.84 Å². The van der Waals surface area contributed by atoms with E-state index >= 15 is 0 Å². The van der Waals surface area contributed by atoms with Gasteiger partial charge in [-0.3, -0.25) is 11.3 Å². The van der Waals surface area contributed by atoms with Crippen LogP contribution in [0.15, 0.2) is 0 Å². The van der Waals surface area contributed by atoms with Gasteiger partial charge >= 0.3 is 6.18 Å². The lowest BCUT2D eigenvalue weighted by molar-refractivity contribution is -0.187. The lowest BCUT2D eigenvalue weighted by Crippen LogP contribution is -2.48. The van der Waals surface area contributed by atoms with E-state index in [9.17, 15) is 13.2 Å². The zero-order chi connectivity index (χ0) is 13.9. The molecule has 2 saturated carbocycles. The van der Waals surface area contributed by atoms with Gasteiger partial charge in [0.2, 0.25) is 0 Å². The number of rotatable bonds is 3. The largest absolute Gasteiger partial charge is 0.391 e. The van der Waals surface area contributed by atoms with Gasteiger partial charge in [0.1, 0.15) is 0 Å². The van der Waals surface area contributed by atoms with E-state index in [-0.39, 0.29) is 18.4 Å². The molecule has 3 atom stereocenters. The van der Waals surface area contributed by atoms with Crippen LogP contribution in [0.1, 0.15) is 57.8 Å². The summed E-state index contributed by atoms with van der Waals surface area (Å²) in [5.41, 5.74) is 2.85. The molecule has 19 heavy (non-hydrogen) atoms. The van der Waals surface area contributed by atoms with E-state index in [1.54, 1.807) is 0 Å². The second kappa shape index (κ2) is 6.44. The summed E-state index contributed by atoms with van der Waals surface area (Å²) in [4.78, 5) is 0. The van der Waals surface area contributed by atoms with Gasteiger partial charge in [-0.05, 0) is 43.9 Å². The molecule has 3 unspecified atom stereocenters. The van der Waals surface area contributed by atoms with Crippen molar-refractivity contribution in [1.29, 1.82) is 0 Å². The first-order valence-corrected chi connectivity index (χ1v) is 7.55. The van der Waals surface area contributed by atoms with Crippen LogP contribution < -0.4 is 11.3 Å². The van der Waals surface area contributed by atoms with Crippen LogP contribution in [0.3, 0.4) is 0 Å². The maximum Gasteiger partial charge on any atom is 0.391 e. The van der Waals surface area contributed by atoms with Crippen LogP contribution in [0, 0.1) is 17.8 Å². The fraction of sp³-hybridized carbons (Fsp3) is 1.00. The molecular weight excluding hydrogens is 253 g/mol. The predicted octanol–water partition coefficient (Wildman–Crippen LogP) is 3.77. The lowest BCUT2D eigenvalue weighted by atomic mass is 9.71. The molecule has 2 rings (SSSR count). The summed E-state index contributed by atoms with van der Waals surface area (Å²) in [6, 6.07) is 0.0745.